The number of hydrogen-bond acceptors (Lipinski definition) is 5. The van der Waals surface area contributed by atoms with Crippen molar-refractivity contribution in [1.29, 1.82) is 0 Å². The minimum absolute atomic E-state index is 0.174. The molecule has 0 aliphatic carbocycles. The van der Waals surface area contributed by atoms with Gasteiger partial charge in [-0.2, -0.15) is 0 Å². The first kappa shape index (κ1) is 18.0. The van der Waals surface area contributed by atoms with E-state index < -0.39 is 5.97 Å². The van der Waals surface area contributed by atoms with Crippen LogP contribution in [-0.4, -0.2) is 20.7 Å². The number of carbonyl (C=O) groups excluding carboxylic acids is 1. The lowest BCUT2D eigenvalue weighted by Crippen LogP contribution is -2.21. The second kappa shape index (κ2) is 8.10. The van der Waals surface area contributed by atoms with Gasteiger partial charge in [-0.1, -0.05) is 84.6 Å². The number of aromatic carboxylic acids is 1. The van der Waals surface area contributed by atoms with E-state index in [9.17, 15) is 9.90 Å². The SMILES string of the molecule is O=C([O-])c1ccc(CSc2nnc(-c3ccccc3)n2-c2ccccc2)cc1. The van der Waals surface area contributed by atoms with Gasteiger partial charge < -0.3 is 9.90 Å². The highest BCUT2D eigenvalue weighted by Crippen LogP contribution is 2.29. The van der Waals surface area contributed by atoms with Gasteiger partial charge in [0.25, 0.3) is 0 Å². The Morgan fingerprint density at radius 1 is 0.857 bits per heavy atom. The van der Waals surface area contributed by atoms with Crippen molar-refractivity contribution < 1.29 is 9.90 Å². The third-order valence-corrected chi connectivity index (χ3v) is 5.24. The van der Waals surface area contributed by atoms with Crippen LogP contribution in [0, 0.1) is 0 Å². The highest BCUT2D eigenvalue weighted by molar-refractivity contribution is 7.98. The summed E-state index contributed by atoms with van der Waals surface area (Å²) in [5.74, 6) is 0.254. The van der Waals surface area contributed by atoms with Gasteiger partial charge in [-0.3, -0.25) is 4.57 Å². The van der Waals surface area contributed by atoms with Gasteiger partial charge in [-0.25, -0.2) is 0 Å². The number of carbonyl (C=O) groups is 1. The van der Waals surface area contributed by atoms with Crippen molar-refractivity contribution in [3.63, 3.8) is 0 Å². The first-order valence-electron chi connectivity index (χ1n) is 8.72. The minimum Gasteiger partial charge on any atom is -0.545 e. The summed E-state index contributed by atoms with van der Waals surface area (Å²) >= 11 is 1.55. The minimum atomic E-state index is -1.17. The Balaban J connectivity index is 1.65. The number of rotatable bonds is 6. The van der Waals surface area contributed by atoms with Crippen LogP contribution in [0.3, 0.4) is 0 Å². The molecule has 6 heteroatoms. The van der Waals surface area contributed by atoms with E-state index in [-0.39, 0.29) is 5.56 Å². The summed E-state index contributed by atoms with van der Waals surface area (Å²) in [4.78, 5) is 10.9. The van der Waals surface area contributed by atoms with Crippen LogP contribution in [-0.2, 0) is 5.75 Å². The van der Waals surface area contributed by atoms with Crippen molar-refractivity contribution in [3.8, 4) is 17.1 Å². The van der Waals surface area contributed by atoms with Crippen LogP contribution >= 0.6 is 11.8 Å². The molecule has 1 aromatic heterocycles. The molecule has 0 unspecified atom stereocenters. The van der Waals surface area contributed by atoms with E-state index in [1.54, 1.807) is 36.0 Å². The standard InChI is InChI=1S/C22H17N3O2S/c26-21(27)18-13-11-16(12-14-18)15-28-22-24-23-20(17-7-3-1-4-8-17)25(22)19-9-5-2-6-10-19/h1-14H,15H2,(H,26,27)/p-1. The molecule has 0 radical (unpaired) electrons. The number of hydrogen-bond donors (Lipinski definition) is 0. The fraction of sp³-hybridized carbons (Fsp3) is 0.0455. The van der Waals surface area contributed by atoms with Crippen LogP contribution in [0.2, 0.25) is 0 Å². The number of benzene rings is 3. The van der Waals surface area contributed by atoms with Gasteiger partial charge in [0.15, 0.2) is 11.0 Å². The molecule has 0 fully saturated rings. The Morgan fingerprint density at radius 2 is 1.50 bits per heavy atom. The number of para-hydroxylation sites is 1. The number of aromatic nitrogens is 3. The van der Waals surface area contributed by atoms with Crippen molar-refractivity contribution >= 4 is 17.7 Å². The van der Waals surface area contributed by atoms with Crippen LogP contribution in [0.4, 0.5) is 0 Å². The van der Waals surface area contributed by atoms with Gasteiger partial charge in [0.2, 0.25) is 0 Å². The Bertz CT molecular complexity index is 1080. The lowest BCUT2D eigenvalue weighted by Gasteiger charge is -2.10. The highest BCUT2D eigenvalue weighted by Gasteiger charge is 2.16. The van der Waals surface area contributed by atoms with Gasteiger partial charge in [-0.15, -0.1) is 10.2 Å². The van der Waals surface area contributed by atoms with E-state index in [0.717, 1.165) is 27.8 Å². The van der Waals surface area contributed by atoms with Crippen molar-refractivity contribution in [2.24, 2.45) is 0 Å². The van der Waals surface area contributed by atoms with E-state index in [1.165, 1.54) is 0 Å². The second-order valence-electron chi connectivity index (χ2n) is 6.12. The molecular weight excluding hydrogens is 370 g/mol. The number of carboxylic acid groups (broad SMARTS) is 1. The molecule has 0 saturated carbocycles. The number of nitrogens with zero attached hydrogens (tertiary/aromatic N) is 3. The monoisotopic (exact) mass is 386 g/mol. The zero-order valence-corrected chi connectivity index (χ0v) is 15.7. The maximum atomic E-state index is 10.9. The molecule has 5 nitrogen and oxygen atoms in total. The van der Waals surface area contributed by atoms with Gasteiger partial charge >= 0.3 is 0 Å². The van der Waals surface area contributed by atoms with Crippen LogP contribution in [0.25, 0.3) is 17.1 Å². The fourth-order valence-electron chi connectivity index (χ4n) is 2.83. The Morgan fingerprint density at radius 3 is 2.14 bits per heavy atom. The quantitative estimate of drug-likeness (QED) is 0.474. The zero-order valence-electron chi connectivity index (χ0n) is 14.9. The maximum Gasteiger partial charge on any atom is 0.196 e. The summed E-state index contributed by atoms with van der Waals surface area (Å²) in [6.45, 7) is 0. The van der Waals surface area contributed by atoms with Crippen molar-refractivity contribution in [2.45, 2.75) is 10.9 Å². The van der Waals surface area contributed by atoms with E-state index in [4.69, 9.17) is 0 Å². The van der Waals surface area contributed by atoms with Gasteiger partial charge in [0, 0.05) is 17.0 Å². The summed E-state index contributed by atoms with van der Waals surface area (Å²) in [5, 5.41) is 20.5. The van der Waals surface area contributed by atoms with E-state index in [2.05, 4.69) is 10.2 Å². The number of thioether (sulfide) groups is 1. The lowest BCUT2D eigenvalue weighted by atomic mass is 10.1. The Labute approximate surface area is 166 Å². The van der Waals surface area contributed by atoms with Crippen LogP contribution in [0.15, 0.2) is 90.1 Å². The third-order valence-electron chi connectivity index (χ3n) is 4.24. The van der Waals surface area contributed by atoms with E-state index in [0.29, 0.717) is 5.75 Å². The molecule has 0 aliphatic heterocycles. The average Bonchev–Trinajstić information content (AvgIpc) is 3.18. The normalized spacial score (nSPS) is 10.7. The van der Waals surface area contributed by atoms with Crippen LogP contribution in [0.5, 0.6) is 0 Å². The van der Waals surface area contributed by atoms with Gasteiger partial charge in [0.1, 0.15) is 0 Å². The first-order chi connectivity index (χ1) is 13.7. The summed E-state index contributed by atoms with van der Waals surface area (Å²) in [6, 6.07) is 26.6. The molecule has 0 N–H and O–H groups in total. The molecule has 4 aromatic rings. The summed E-state index contributed by atoms with van der Waals surface area (Å²) in [7, 11) is 0. The predicted molar refractivity (Wildman–Crippen MR) is 107 cm³/mol. The van der Waals surface area contributed by atoms with Crippen molar-refractivity contribution in [3.05, 3.63) is 96.1 Å². The van der Waals surface area contributed by atoms with Gasteiger partial charge in [-0.05, 0) is 23.3 Å². The number of carboxylic acids is 1. The molecule has 0 saturated heterocycles. The fourth-order valence-corrected chi connectivity index (χ4v) is 3.74. The van der Waals surface area contributed by atoms with Crippen molar-refractivity contribution in [2.75, 3.05) is 0 Å². The molecule has 0 bridgehead atoms. The molecule has 0 amide bonds. The molecule has 0 atom stereocenters. The van der Waals surface area contributed by atoms with Crippen LogP contribution < -0.4 is 5.11 Å². The lowest BCUT2D eigenvalue weighted by molar-refractivity contribution is -0.255. The molecule has 0 spiro atoms. The maximum absolute atomic E-state index is 10.9. The average molecular weight is 386 g/mol. The Kier molecular flexibility index (Phi) is 5.21. The zero-order chi connectivity index (χ0) is 19.3. The molecule has 4 rings (SSSR count). The highest BCUT2D eigenvalue weighted by atomic mass is 32.2. The van der Waals surface area contributed by atoms with Gasteiger partial charge in [0.05, 0.1) is 5.97 Å². The smallest absolute Gasteiger partial charge is 0.196 e. The summed E-state index contributed by atoms with van der Waals surface area (Å²) in [6.07, 6.45) is 0. The second-order valence-corrected chi connectivity index (χ2v) is 7.06. The molecular formula is C22H16N3O2S-. The third kappa shape index (κ3) is 3.82. The predicted octanol–water partition coefficient (Wildman–Crippen LogP) is 3.59. The summed E-state index contributed by atoms with van der Waals surface area (Å²) in [5.41, 5.74) is 3.15. The van der Waals surface area contributed by atoms with Crippen molar-refractivity contribution in [1.82, 2.24) is 14.8 Å². The molecule has 1 heterocycles. The largest absolute Gasteiger partial charge is 0.545 e. The Hall–Kier alpha value is -3.38. The summed E-state index contributed by atoms with van der Waals surface area (Å²) < 4.78 is 2.04. The van der Waals surface area contributed by atoms with E-state index in [1.807, 2.05) is 65.2 Å². The topological polar surface area (TPSA) is 70.8 Å². The molecule has 138 valence electrons. The molecule has 0 aliphatic rings. The van der Waals surface area contributed by atoms with E-state index >= 15 is 0 Å². The first-order valence-corrected chi connectivity index (χ1v) is 9.70. The molecule has 3 aromatic carbocycles. The molecule has 28 heavy (non-hydrogen) atoms. The van der Waals surface area contributed by atoms with Crippen LogP contribution in [0.1, 0.15) is 15.9 Å².